The molecule has 0 aliphatic heterocycles. The van der Waals surface area contributed by atoms with E-state index in [4.69, 9.17) is 0 Å². The molecular weight excluding hydrogens is 395 g/mol. The molecule has 0 bridgehead atoms. The smallest absolute Gasteiger partial charge is 0.355 e. The predicted octanol–water partition coefficient (Wildman–Crippen LogP) is 4.51. The lowest BCUT2D eigenvalue weighted by Crippen LogP contribution is -2.43. The van der Waals surface area contributed by atoms with E-state index in [-0.39, 0.29) is 30.9 Å². The molecule has 3 amide bonds. The van der Waals surface area contributed by atoms with E-state index in [2.05, 4.69) is 16.0 Å². The van der Waals surface area contributed by atoms with Crippen LogP contribution in [-0.4, -0.2) is 31.1 Å². The van der Waals surface area contributed by atoms with Crippen LogP contribution in [0.15, 0.2) is 24.3 Å². The van der Waals surface area contributed by atoms with E-state index in [0.29, 0.717) is 18.5 Å². The van der Waals surface area contributed by atoms with Crippen LogP contribution in [0.25, 0.3) is 0 Å². The normalized spacial score (nSPS) is 15.5. The van der Waals surface area contributed by atoms with Gasteiger partial charge in [-0.3, -0.25) is 4.79 Å². The lowest BCUT2D eigenvalue weighted by atomic mass is 9.83. The third-order valence-electron chi connectivity index (χ3n) is 5.51. The van der Waals surface area contributed by atoms with Gasteiger partial charge in [-0.15, -0.1) is 0 Å². The fraction of sp³-hybridized carbons (Fsp3) is 0.636. The number of urea groups is 1. The molecule has 1 aromatic rings. The van der Waals surface area contributed by atoms with Gasteiger partial charge >= 0.3 is 12.2 Å². The van der Waals surface area contributed by atoms with Gasteiger partial charge < -0.3 is 16.0 Å². The van der Waals surface area contributed by atoms with Gasteiger partial charge in [-0.2, -0.15) is 13.2 Å². The zero-order chi connectivity index (χ0) is 22.2. The van der Waals surface area contributed by atoms with Crippen molar-refractivity contribution in [2.24, 2.45) is 0 Å². The molecule has 1 saturated carbocycles. The maximum Gasteiger partial charge on any atom is 0.416 e. The summed E-state index contributed by atoms with van der Waals surface area (Å²) in [7, 11) is 0. The summed E-state index contributed by atoms with van der Waals surface area (Å²) in [6.07, 6.45) is 1.86. The lowest BCUT2D eigenvalue weighted by Gasteiger charge is -2.26. The molecule has 8 heteroatoms. The van der Waals surface area contributed by atoms with Gasteiger partial charge in [-0.1, -0.05) is 51.3 Å². The maximum atomic E-state index is 12.9. The van der Waals surface area contributed by atoms with E-state index in [0.717, 1.165) is 37.8 Å². The molecule has 0 heterocycles. The second-order valence-electron chi connectivity index (χ2n) is 8.58. The van der Waals surface area contributed by atoms with E-state index in [1.165, 1.54) is 12.5 Å². The van der Waals surface area contributed by atoms with Gasteiger partial charge in [-0.05, 0) is 30.9 Å². The Morgan fingerprint density at radius 1 is 1.03 bits per heavy atom. The van der Waals surface area contributed by atoms with E-state index in [1.807, 2.05) is 0 Å². The summed E-state index contributed by atoms with van der Waals surface area (Å²) >= 11 is 0. The summed E-state index contributed by atoms with van der Waals surface area (Å²) in [5.41, 5.74) is -0.828. The number of carbonyl (C=O) groups excluding carboxylic acids is 2. The Balaban J connectivity index is 1.69. The van der Waals surface area contributed by atoms with Crippen LogP contribution in [0.1, 0.15) is 69.9 Å². The Hall–Kier alpha value is -2.25. The van der Waals surface area contributed by atoms with Crippen LogP contribution in [0, 0.1) is 0 Å². The molecule has 168 valence electrons. The first-order valence-electron chi connectivity index (χ1n) is 10.6. The van der Waals surface area contributed by atoms with Crippen molar-refractivity contribution in [3.63, 3.8) is 0 Å². The van der Waals surface area contributed by atoms with Gasteiger partial charge in [0.2, 0.25) is 5.91 Å². The van der Waals surface area contributed by atoms with Crippen LogP contribution < -0.4 is 16.0 Å². The Morgan fingerprint density at radius 2 is 1.70 bits per heavy atom. The number of amides is 3. The fourth-order valence-electron chi connectivity index (χ4n) is 3.56. The minimum absolute atomic E-state index is 0.190. The van der Waals surface area contributed by atoms with Gasteiger partial charge in [-0.25, -0.2) is 4.79 Å². The molecule has 30 heavy (non-hydrogen) atoms. The standard InChI is InChI=1S/C22H32F3N3O2/c1-21(2,16-8-6-9-17(14-16)22(23,24)25)15-27-19(29)12-7-13-26-20(30)28-18-10-4-3-5-11-18/h6,8-9,14,18H,3-5,7,10-13,15H2,1-2H3,(H,27,29)(H2,26,28,30). The van der Waals surface area contributed by atoms with Crippen LogP contribution >= 0.6 is 0 Å². The van der Waals surface area contributed by atoms with E-state index >= 15 is 0 Å². The molecule has 1 fully saturated rings. The number of hydrogen-bond donors (Lipinski definition) is 3. The quantitative estimate of drug-likeness (QED) is 0.534. The number of carbonyl (C=O) groups is 2. The Kier molecular flexibility index (Phi) is 8.55. The third kappa shape index (κ3) is 7.88. The van der Waals surface area contributed by atoms with E-state index in [1.54, 1.807) is 19.9 Å². The number of alkyl halides is 3. The minimum Gasteiger partial charge on any atom is -0.355 e. The highest BCUT2D eigenvalue weighted by Crippen LogP contribution is 2.32. The van der Waals surface area contributed by atoms with Crippen molar-refractivity contribution in [2.75, 3.05) is 13.1 Å². The zero-order valence-corrected chi connectivity index (χ0v) is 17.7. The van der Waals surface area contributed by atoms with Gasteiger partial charge in [0.15, 0.2) is 0 Å². The molecule has 0 aromatic heterocycles. The van der Waals surface area contributed by atoms with Crippen molar-refractivity contribution in [3.05, 3.63) is 35.4 Å². The van der Waals surface area contributed by atoms with Gasteiger partial charge in [0.05, 0.1) is 5.56 Å². The summed E-state index contributed by atoms with van der Waals surface area (Å²) in [4.78, 5) is 24.0. The van der Waals surface area contributed by atoms with Crippen LogP contribution in [0.2, 0.25) is 0 Å². The highest BCUT2D eigenvalue weighted by Gasteiger charge is 2.32. The number of halogens is 3. The monoisotopic (exact) mass is 427 g/mol. The first-order valence-corrected chi connectivity index (χ1v) is 10.6. The SMILES string of the molecule is CC(C)(CNC(=O)CCCNC(=O)NC1CCCCC1)c1cccc(C(F)(F)F)c1. The van der Waals surface area contributed by atoms with Crippen molar-refractivity contribution >= 4 is 11.9 Å². The number of nitrogens with one attached hydrogen (secondary N) is 3. The van der Waals surface area contributed by atoms with Crippen molar-refractivity contribution in [3.8, 4) is 0 Å². The largest absolute Gasteiger partial charge is 0.416 e. The molecule has 2 rings (SSSR count). The predicted molar refractivity (Wildman–Crippen MR) is 110 cm³/mol. The Morgan fingerprint density at radius 3 is 2.37 bits per heavy atom. The molecule has 1 aliphatic rings. The number of rotatable bonds is 8. The molecule has 3 N–H and O–H groups in total. The highest BCUT2D eigenvalue weighted by atomic mass is 19.4. The molecule has 0 atom stereocenters. The summed E-state index contributed by atoms with van der Waals surface area (Å²) in [5.74, 6) is -0.190. The molecule has 0 unspecified atom stereocenters. The highest BCUT2D eigenvalue weighted by molar-refractivity contribution is 5.76. The third-order valence-corrected chi connectivity index (χ3v) is 5.51. The van der Waals surface area contributed by atoms with E-state index in [9.17, 15) is 22.8 Å². The van der Waals surface area contributed by atoms with Crippen molar-refractivity contribution in [1.29, 1.82) is 0 Å². The summed E-state index contributed by atoms with van der Waals surface area (Å²) < 4.78 is 38.8. The van der Waals surface area contributed by atoms with Crippen LogP contribution in [0.3, 0.4) is 0 Å². The van der Waals surface area contributed by atoms with Gasteiger partial charge in [0, 0.05) is 31.0 Å². The van der Waals surface area contributed by atoms with Crippen LogP contribution in [0.5, 0.6) is 0 Å². The summed E-state index contributed by atoms with van der Waals surface area (Å²) in [5, 5.41) is 8.51. The lowest BCUT2D eigenvalue weighted by molar-refractivity contribution is -0.137. The molecular formula is C22H32F3N3O2. The molecule has 0 radical (unpaired) electrons. The summed E-state index contributed by atoms with van der Waals surface area (Å²) in [6.45, 7) is 4.20. The van der Waals surface area contributed by atoms with E-state index < -0.39 is 17.2 Å². The average molecular weight is 428 g/mol. The molecule has 5 nitrogen and oxygen atoms in total. The first-order chi connectivity index (χ1) is 14.1. The van der Waals surface area contributed by atoms with Crippen molar-refractivity contribution in [2.45, 2.75) is 76.4 Å². The number of hydrogen-bond acceptors (Lipinski definition) is 2. The second kappa shape index (κ2) is 10.7. The van der Waals surface area contributed by atoms with Crippen LogP contribution in [-0.2, 0) is 16.4 Å². The van der Waals surface area contributed by atoms with Gasteiger partial charge in [0.1, 0.15) is 0 Å². The Labute approximate surface area is 176 Å². The number of benzene rings is 1. The maximum absolute atomic E-state index is 12.9. The second-order valence-corrected chi connectivity index (χ2v) is 8.58. The average Bonchev–Trinajstić information content (AvgIpc) is 2.70. The topological polar surface area (TPSA) is 70.2 Å². The minimum atomic E-state index is -4.40. The van der Waals surface area contributed by atoms with Crippen molar-refractivity contribution in [1.82, 2.24) is 16.0 Å². The van der Waals surface area contributed by atoms with Gasteiger partial charge in [0.25, 0.3) is 0 Å². The van der Waals surface area contributed by atoms with Crippen molar-refractivity contribution < 1.29 is 22.8 Å². The Bertz CT molecular complexity index is 714. The van der Waals surface area contributed by atoms with Crippen LogP contribution in [0.4, 0.5) is 18.0 Å². The molecule has 1 aliphatic carbocycles. The summed E-state index contributed by atoms with van der Waals surface area (Å²) in [6, 6.07) is 5.21. The molecule has 0 saturated heterocycles. The zero-order valence-electron chi connectivity index (χ0n) is 17.7. The molecule has 0 spiro atoms. The fourth-order valence-corrected chi connectivity index (χ4v) is 3.56. The first kappa shape index (κ1) is 24.0. The molecule has 1 aromatic carbocycles.